The highest BCUT2D eigenvalue weighted by molar-refractivity contribution is 7.99. The van der Waals surface area contributed by atoms with E-state index in [1.165, 1.54) is 16.0 Å². The molecule has 2 aromatic carbocycles. The van der Waals surface area contributed by atoms with Gasteiger partial charge in [-0.2, -0.15) is 0 Å². The predicted octanol–water partition coefficient (Wildman–Crippen LogP) is 3.40. The highest BCUT2D eigenvalue weighted by Gasteiger charge is 2.32. The Hall–Kier alpha value is -1.49. The zero-order valence-electron chi connectivity index (χ0n) is 12.3. The predicted molar refractivity (Wildman–Crippen MR) is 87.7 cm³/mol. The fourth-order valence-corrected chi connectivity index (χ4v) is 4.27. The van der Waals surface area contributed by atoms with Gasteiger partial charge < -0.3 is 4.74 Å². The van der Waals surface area contributed by atoms with Crippen LogP contribution in [0, 0.1) is 6.92 Å². The quantitative estimate of drug-likeness (QED) is 0.671. The molecule has 0 saturated heterocycles. The molecule has 1 heterocycles. The van der Waals surface area contributed by atoms with Crippen molar-refractivity contribution < 1.29 is 4.74 Å². The number of methoxy groups -OCH3 is 1. The molecule has 2 atom stereocenters. The number of ether oxygens (including phenoxy) is 1. The van der Waals surface area contributed by atoms with E-state index < -0.39 is 0 Å². The molecule has 0 amide bonds. The highest BCUT2D eigenvalue weighted by Crippen LogP contribution is 2.46. The second-order valence-electron chi connectivity index (χ2n) is 5.35. The van der Waals surface area contributed by atoms with Gasteiger partial charge in [0.1, 0.15) is 5.75 Å². The Balaban J connectivity index is 2.02. The SMILES string of the molecule is COc1ccc(C)cc1C(NN)C1CSc2ccccc21. The van der Waals surface area contributed by atoms with Crippen molar-refractivity contribution in [3.8, 4) is 5.75 Å². The minimum atomic E-state index is 0.0519. The molecule has 0 spiro atoms. The first-order chi connectivity index (χ1) is 10.2. The second kappa shape index (κ2) is 6.10. The lowest BCUT2D eigenvalue weighted by molar-refractivity contribution is 0.391. The number of hydrazine groups is 1. The Morgan fingerprint density at radius 1 is 1.29 bits per heavy atom. The number of thioether (sulfide) groups is 1. The van der Waals surface area contributed by atoms with E-state index in [1.807, 2.05) is 17.8 Å². The lowest BCUT2D eigenvalue weighted by atomic mass is 9.88. The molecule has 0 bridgehead atoms. The molecule has 21 heavy (non-hydrogen) atoms. The Labute approximate surface area is 129 Å². The lowest BCUT2D eigenvalue weighted by Gasteiger charge is -2.25. The zero-order valence-corrected chi connectivity index (χ0v) is 13.1. The van der Waals surface area contributed by atoms with Crippen LogP contribution in [0.4, 0.5) is 0 Å². The van der Waals surface area contributed by atoms with Gasteiger partial charge in [-0.25, -0.2) is 0 Å². The fourth-order valence-electron chi connectivity index (χ4n) is 2.98. The van der Waals surface area contributed by atoms with Crippen LogP contribution in [-0.4, -0.2) is 12.9 Å². The summed E-state index contributed by atoms with van der Waals surface area (Å²) in [5.41, 5.74) is 6.72. The number of hydrogen-bond acceptors (Lipinski definition) is 4. The minimum Gasteiger partial charge on any atom is -0.496 e. The largest absolute Gasteiger partial charge is 0.496 e. The van der Waals surface area contributed by atoms with E-state index in [4.69, 9.17) is 10.6 Å². The topological polar surface area (TPSA) is 47.3 Å². The van der Waals surface area contributed by atoms with Gasteiger partial charge in [0.15, 0.2) is 0 Å². The Bertz CT molecular complexity index is 644. The van der Waals surface area contributed by atoms with Crippen LogP contribution in [0.25, 0.3) is 0 Å². The number of hydrogen-bond donors (Lipinski definition) is 2. The summed E-state index contributed by atoms with van der Waals surface area (Å²) in [6, 6.07) is 14.9. The Kier molecular flexibility index (Phi) is 4.19. The minimum absolute atomic E-state index is 0.0519. The maximum atomic E-state index is 5.90. The molecule has 1 aliphatic heterocycles. The summed E-state index contributed by atoms with van der Waals surface area (Å²) in [7, 11) is 1.71. The zero-order chi connectivity index (χ0) is 14.8. The van der Waals surface area contributed by atoms with Crippen LogP contribution in [0.2, 0.25) is 0 Å². The Morgan fingerprint density at radius 2 is 2.10 bits per heavy atom. The molecule has 4 heteroatoms. The number of benzene rings is 2. The highest BCUT2D eigenvalue weighted by atomic mass is 32.2. The van der Waals surface area contributed by atoms with E-state index in [9.17, 15) is 0 Å². The smallest absolute Gasteiger partial charge is 0.123 e. The van der Waals surface area contributed by atoms with Crippen LogP contribution in [0.1, 0.15) is 28.7 Å². The van der Waals surface area contributed by atoms with Crippen molar-refractivity contribution in [2.75, 3.05) is 12.9 Å². The third kappa shape index (κ3) is 2.67. The van der Waals surface area contributed by atoms with Gasteiger partial charge in [0, 0.05) is 22.1 Å². The molecule has 3 rings (SSSR count). The van der Waals surface area contributed by atoms with E-state index in [0.717, 1.165) is 17.1 Å². The van der Waals surface area contributed by atoms with Gasteiger partial charge in [0.25, 0.3) is 0 Å². The first-order valence-corrected chi connectivity index (χ1v) is 8.05. The summed E-state index contributed by atoms with van der Waals surface area (Å²) < 4.78 is 5.53. The summed E-state index contributed by atoms with van der Waals surface area (Å²) in [5.74, 6) is 8.17. The van der Waals surface area contributed by atoms with Gasteiger partial charge in [0.2, 0.25) is 0 Å². The molecule has 3 nitrogen and oxygen atoms in total. The molecule has 0 saturated carbocycles. The summed E-state index contributed by atoms with van der Waals surface area (Å²) >= 11 is 1.90. The molecule has 0 radical (unpaired) electrons. The third-order valence-electron chi connectivity index (χ3n) is 4.04. The molecular weight excluding hydrogens is 280 g/mol. The third-order valence-corrected chi connectivity index (χ3v) is 5.25. The van der Waals surface area contributed by atoms with Crippen LogP contribution in [-0.2, 0) is 0 Å². The van der Waals surface area contributed by atoms with Crippen LogP contribution >= 0.6 is 11.8 Å². The van der Waals surface area contributed by atoms with Crippen molar-refractivity contribution in [2.24, 2.45) is 5.84 Å². The Morgan fingerprint density at radius 3 is 2.86 bits per heavy atom. The summed E-state index contributed by atoms with van der Waals surface area (Å²) in [6.45, 7) is 2.09. The van der Waals surface area contributed by atoms with Gasteiger partial charge in [-0.15, -0.1) is 11.8 Å². The van der Waals surface area contributed by atoms with Crippen molar-refractivity contribution in [1.82, 2.24) is 5.43 Å². The van der Waals surface area contributed by atoms with Gasteiger partial charge in [-0.05, 0) is 24.6 Å². The molecule has 2 aromatic rings. The van der Waals surface area contributed by atoms with Gasteiger partial charge in [-0.1, -0.05) is 35.9 Å². The average Bonchev–Trinajstić information content (AvgIpc) is 2.93. The fraction of sp³-hybridized carbons (Fsp3) is 0.294. The van der Waals surface area contributed by atoms with E-state index in [0.29, 0.717) is 5.92 Å². The van der Waals surface area contributed by atoms with E-state index in [1.54, 1.807) is 7.11 Å². The van der Waals surface area contributed by atoms with Crippen LogP contribution in [0.3, 0.4) is 0 Å². The van der Waals surface area contributed by atoms with E-state index >= 15 is 0 Å². The maximum absolute atomic E-state index is 5.90. The first-order valence-electron chi connectivity index (χ1n) is 7.07. The van der Waals surface area contributed by atoms with Crippen LogP contribution < -0.4 is 16.0 Å². The summed E-state index contributed by atoms with van der Waals surface area (Å²) in [6.07, 6.45) is 0. The normalized spacial score (nSPS) is 18.3. The molecule has 110 valence electrons. The monoisotopic (exact) mass is 300 g/mol. The second-order valence-corrected chi connectivity index (χ2v) is 6.41. The number of aryl methyl sites for hydroxylation is 1. The van der Waals surface area contributed by atoms with Gasteiger partial charge >= 0.3 is 0 Å². The van der Waals surface area contributed by atoms with E-state index in [-0.39, 0.29) is 6.04 Å². The average molecular weight is 300 g/mol. The van der Waals surface area contributed by atoms with Crippen LogP contribution in [0.15, 0.2) is 47.4 Å². The standard InChI is InChI=1S/C17H20N2OS/c1-11-7-8-15(20-2)13(9-11)17(19-18)14-10-21-16-6-4-3-5-12(14)16/h3-9,14,17,19H,10,18H2,1-2H3. The van der Waals surface area contributed by atoms with Crippen molar-refractivity contribution >= 4 is 11.8 Å². The molecule has 0 aliphatic carbocycles. The van der Waals surface area contributed by atoms with Gasteiger partial charge in [0.05, 0.1) is 13.2 Å². The van der Waals surface area contributed by atoms with Crippen LogP contribution in [0.5, 0.6) is 5.75 Å². The number of rotatable bonds is 4. The molecule has 0 aromatic heterocycles. The van der Waals surface area contributed by atoms with Crippen molar-refractivity contribution in [3.63, 3.8) is 0 Å². The number of nitrogens with two attached hydrogens (primary N) is 1. The summed E-state index contributed by atoms with van der Waals surface area (Å²) in [5, 5.41) is 0. The summed E-state index contributed by atoms with van der Waals surface area (Å²) in [4.78, 5) is 1.36. The van der Waals surface area contributed by atoms with Crippen molar-refractivity contribution in [1.29, 1.82) is 0 Å². The van der Waals surface area contributed by atoms with Crippen molar-refractivity contribution in [3.05, 3.63) is 59.2 Å². The maximum Gasteiger partial charge on any atom is 0.123 e. The molecular formula is C17H20N2OS. The van der Waals surface area contributed by atoms with Crippen molar-refractivity contribution in [2.45, 2.75) is 23.8 Å². The molecule has 2 unspecified atom stereocenters. The first kappa shape index (κ1) is 14.4. The molecule has 0 fully saturated rings. The number of nitrogens with one attached hydrogen (secondary N) is 1. The lowest BCUT2D eigenvalue weighted by Crippen LogP contribution is -2.33. The molecule has 1 aliphatic rings. The van der Waals surface area contributed by atoms with Gasteiger partial charge in [-0.3, -0.25) is 11.3 Å². The molecule has 3 N–H and O–H groups in total. The van der Waals surface area contributed by atoms with E-state index in [2.05, 4.69) is 48.7 Å². The number of fused-ring (bicyclic) bond motifs is 1.